The largest absolute Gasteiger partial charge is 0.507 e. The van der Waals surface area contributed by atoms with Gasteiger partial charge in [0.2, 0.25) is 0 Å². The second kappa shape index (κ2) is 8.86. The summed E-state index contributed by atoms with van der Waals surface area (Å²) in [5, 5.41) is 15.6. The number of nitrogens with zero attached hydrogens (tertiary/aromatic N) is 1. The number of pyridine rings is 1. The van der Waals surface area contributed by atoms with Crippen LogP contribution in [0, 0.1) is 17.8 Å². The van der Waals surface area contributed by atoms with Gasteiger partial charge in [-0.15, -0.1) is 0 Å². The highest BCUT2D eigenvalue weighted by molar-refractivity contribution is 5.79. The Kier molecular flexibility index (Phi) is 5.94. The van der Waals surface area contributed by atoms with Crippen molar-refractivity contribution in [2.45, 2.75) is 96.4 Å². The van der Waals surface area contributed by atoms with Crippen LogP contribution >= 0.6 is 0 Å². The summed E-state index contributed by atoms with van der Waals surface area (Å²) in [6.07, 6.45) is 8.26. The first-order valence-electron chi connectivity index (χ1n) is 14.6. The standard InChI is InChI=1S/C35H44N2O/c1-33(2,3)25-17-27(32(38)28(18-25)34(4,5)6)30-13-9-12-29(36-30)26-10-7-8-11-31(26)37-35-19-22-14-23(20-35)16-24(15-22)21-35/h7-13,17-18,22-24,37-38H,14-16,19-21H2,1-6H3. The number of hydrogen-bond donors (Lipinski definition) is 2. The van der Waals surface area contributed by atoms with E-state index in [9.17, 15) is 5.11 Å². The molecule has 0 amide bonds. The first kappa shape index (κ1) is 25.5. The molecule has 4 saturated carbocycles. The van der Waals surface area contributed by atoms with Crippen molar-refractivity contribution in [3.63, 3.8) is 0 Å². The van der Waals surface area contributed by atoms with Crippen LogP contribution in [0.2, 0.25) is 0 Å². The molecule has 0 aliphatic heterocycles. The Morgan fingerprint density at radius 2 is 1.32 bits per heavy atom. The smallest absolute Gasteiger partial charge is 0.128 e. The first-order valence-corrected chi connectivity index (χ1v) is 14.6. The summed E-state index contributed by atoms with van der Waals surface area (Å²) in [5.41, 5.74) is 7.14. The van der Waals surface area contributed by atoms with Gasteiger partial charge in [0.15, 0.2) is 0 Å². The van der Waals surface area contributed by atoms with Crippen molar-refractivity contribution in [1.82, 2.24) is 4.98 Å². The number of aromatic nitrogens is 1. The molecule has 3 aromatic rings. The van der Waals surface area contributed by atoms with Crippen molar-refractivity contribution in [1.29, 1.82) is 0 Å². The Morgan fingerprint density at radius 1 is 0.737 bits per heavy atom. The van der Waals surface area contributed by atoms with Crippen LogP contribution in [0.25, 0.3) is 22.5 Å². The normalized spacial score (nSPS) is 26.5. The highest BCUT2D eigenvalue weighted by atomic mass is 16.3. The molecule has 0 spiro atoms. The van der Waals surface area contributed by atoms with Gasteiger partial charge >= 0.3 is 0 Å². The quantitative estimate of drug-likeness (QED) is 0.369. The molecule has 200 valence electrons. The van der Waals surface area contributed by atoms with Crippen LogP contribution in [0.15, 0.2) is 54.6 Å². The van der Waals surface area contributed by atoms with Crippen LogP contribution in [0.5, 0.6) is 5.75 Å². The fourth-order valence-corrected chi connectivity index (χ4v) is 7.93. The van der Waals surface area contributed by atoms with Crippen LogP contribution in [0.1, 0.15) is 91.2 Å². The molecular weight excluding hydrogens is 464 g/mol. The van der Waals surface area contributed by atoms with Gasteiger partial charge in [-0.2, -0.15) is 0 Å². The lowest BCUT2D eigenvalue weighted by Gasteiger charge is -2.57. The summed E-state index contributed by atoms with van der Waals surface area (Å²) in [4.78, 5) is 5.18. The van der Waals surface area contributed by atoms with Gasteiger partial charge in [0, 0.05) is 27.9 Å². The Hall–Kier alpha value is -2.81. The van der Waals surface area contributed by atoms with Gasteiger partial charge in [0.05, 0.1) is 11.4 Å². The second-order valence-electron chi connectivity index (χ2n) is 14.7. The number of rotatable bonds is 4. The van der Waals surface area contributed by atoms with Gasteiger partial charge in [-0.05, 0) is 96.9 Å². The fraction of sp³-hybridized carbons (Fsp3) is 0.514. The van der Waals surface area contributed by atoms with Gasteiger partial charge in [0.25, 0.3) is 0 Å². The number of nitrogens with one attached hydrogen (secondary N) is 1. The lowest BCUT2D eigenvalue weighted by atomic mass is 9.53. The lowest BCUT2D eigenvalue weighted by Crippen LogP contribution is -2.54. The molecule has 0 saturated heterocycles. The summed E-state index contributed by atoms with van der Waals surface area (Å²) < 4.78 is 0. The van der Waals surface area contributed by atoms with Gasteiger partial charge in [0.1, 0.15) is 5.75 Å². The Bertz CT molecular complexity index is 1320. The molecule has 38 heavy (non-hydrogen) atoms. The molecule has 4 fully saturated rings. The monoisotopic (exact) mass is 508 g/mol. The summed E-state index contributed by atoms with van der Waals surface area (Å²) in [6.45, 7) is 13.2. The van der Waals surface area contributed by atoms with Crippen LogP contribution in [-0.2, 0) is 10.8 Å². The molecule has 0 radical (unpaired) electrons. The van der Waals surface area contributed by atoms with E-state index in [1.54, 1.807) is 0 Å². The highest BCUT2D eigenvalue weighted by Crippen LogP contribution is 2.57. The van der Waals surface area contributed by atoms with Crippen LogP contribution in [0.4, 0.5) is 5.69 Å². The molecule has 4 bridgehead atoms. The Balaban J connectivity index is 1.40. The minimum absolute atomic E-state index is 0.0333. The zero-order valence-electron chi connectivity index (χ0n) is 24.1. The highest BCUT2D eigenvalue weighted by Gasteiger charge is 2.51. The molecule has 4 aliphatic carbocycles. The van der Waals surface area contributed by atoms with E-state index in [2.05, 4.69) is 95.4 Å². The van der Waals surface area contributed by atoms with Crippen LogP contribution in [-0.4, -0.2) is 15.6 Å². The number of benzene rings is 2. The summed E-state index contributed by atoms with van der Waals surface area (Å²) in [6, 6.07) is 19.2. The first-order chi connectivity index (χ1) is 17.9. The maximum Gasteiger partial charge on any atom is 0.128 e. The van der Waals surface area contributed by atoms with Crippen molar-refractivity contribution >= 4 is 5.69 Å². The van der Waals surface area contributed by atoms with E-state index in [1.165, 1.54) is 49.8 Å². The molecule has 3 nitrogen and oxygen atoms in total. The molecule has 3 heteroatoms. The van der Waals surface area contributed by atoms with Crippen molar-refractivity contribution in [2.24, 2.45) is 17.8 Å². The number of phenols is 1. The SMILES string of the molecule is CC(C)(C)c1cc(-c2cccc(-c3ccccc3NC34CC5CC(CC(C5)C3)C4)n2)c(O)c(C(C)(C)C)c1. The number of phenolic OH excluding ortho intramolecular Hbond substituents is 1. The van der Waals surface area contributed by atoms with E-state index in [4.69, 9.17) is 4.98 Å². The number of aromatic hydroxyl groups is 1. The lowest BCUT2D eigenvalue weighted by molar-refractivity contribution is 0.0107. The second-order valence-corrected chi connectivity index (χ2v) is 14.7. The zero-order chi connectivity index (χ0) is 26.9. The molecule has 7 rings (SSSR count). The number of anilines is 1. The molecular formula is C35H44N2O. The molecule has 0 atom stereocenters. The van der Waals surface area contributed by atoms with E-state index >= 15 is 0 Å². The van der Waals surface area contributed by atoms with Crippen molar-refractivity contribution < 1.29 is 5.11 Å². The third-order valence-electron chi connectivity index (χ3n) is 9.45. The van der Waals surface area contributed by atoms with Crippen LogP contribution in [0.3, 0.4) is 0 Å². The van der Waals surface area contributed by atoms with Crippen LogP contribution < -0.4 is 5.32 Å². The zero-order valence-corrected chi connectivity index (χ0v) is 24.1. The summed E-state index contributed by atoms with van der Waals surface area (Å²) in [5.74, 6) is 3.04. The number of hydrogen-bond acceptors (Lipinski definition) is 3. The van der Waals surface area contributed by atoms with Gasteiger partial charge in [-0.3, -0.25) is 0 Å². The summed E-state index contributed by atoms with van der Waals surface area (Å²) >= 11 is 0. The molecule has 1 aromatic heterocycles. The van der Waals surface area contributed by atoms with Crippen molar-refractivity contribution in [2.75, 3.05) is 5.32 Å². The fourth-order valence-electron chi connectivity index (χ4n) is 7.93. The van der Waals surface area contributed by atoms with Crippen molar-refractivity contribution in [3.8, 4) is 28.3 Å². The molecule has 1 heterocycles. The molecule has 2 aromatic carbocycles. The van der Waals surface area contributed by atoms with Gasteiger partial charge in [-0.1, -0.05) is 71.9 Å². The minimum atomic E-state index is -0.175. The average Bonchev–Trinajstić information content (AvgIpc) is 2.82. The molecule has 0 unspecified atom stereocenters. The number of para-hydroxylation sites is 1. The molecule has 4 aliphatic rings. The topological polar surface area (TPSA) is 45.2 Å². The third-order valence-corrected chi connectivity index (χ3v) is 9.45. The van der Waals surface area contributed by atoms with E-state index in [0.717, 1.165) is 45.8 Å². The predicted molar refractivity (Wildman–Crippen MR) is 159 cm³/mol. The van der Waals surface area contributed by atoms with Crippen molar-refractivity contribution in [3.05, 3.63) is 65.7 Å². The van der Waals surface area contributed by atoms with Gasteiger partial charge < -0.3 is 10.4 Å². The van der Waals surface area contributed by atoms with E-state index in [0.29, 0.717) is 5.75 Å². The average molecular weight is 509 g/mol. The van der Waals surface area contributed by atoms with E-state index in [1.807, 2.05) is 6.07 Å². The van der Waals surface area contributed by atoms with Gasteiger partial charge in [-0.25, -0.2) is 4.98 Å². The maximum atomic E-state index is 11.5. The third kappa shape index (κ3) is 4.63. The molecule has 2 N–H and O–H groups in total. The van der Waals surface area contributed by atoms with E-state index in [-0.39, 0.29) is 16.4 Å². The minimum Gasteiger partial charge on any atom is -0.507 e. The summed E-state index contributed by atoms with van der Waals surface area (Å²) in [7, 11) is 0. The Labute approximate surface area is 229 Å². The van der Waals surface area contributed by atoms with E-state index < -0.39 is 0 Å². The maximum absolute atomic E-state index is 11.5. The Morgan fingerprint density at radius 3 is 1.89 bits per heavy atom. The predicted octanol–water partition coefficient (Wildman–Crippen LogP) is 9.10.